The molecule has 50 heavy (non-hydrogen) atoms. The first-order chi connectivity index (χ1) is 24.0. The molecule has 0 aliphatic heterocycles. The Bertz CT molecular complexity index is 1720. The van der Waals surface area contributed by atoms with Crippen LogP contribution in [-0.4, -0.2) is 51.5 Å². The summed E-state index contributed by atoms with van der Waals surface area (Å²) in [6, 6.07) is 18.3. The molecule has 5 rings (SSSR count). The quantitative estimate of drug-likeness (QED) is 0.102. The lowest BCUT2D eigenvalue weighted by molar-refractivity contribution is -0.146. The van der Waals surface area contributed by atoms with Crippen molar-refractivity contribution in [1.29, 1.82) is 0 Å². The van der Waals surface area contributed by atoms with Crippen molar-refractivity contribution >= 4 is 29.1 Å². The number of thiophene rings is 1. The van der Waals surface area contributed by atoms with Gasteiger partial charge in [-0.25, -0.2) is 9.97 Å². The van der Waals surface area contributed by atoms with Gasteiger partial charge in [0.1, 0.15) is 11.8 Å². The zero-order valence-electron chi connectivity index (χ0n) is 29.4. The smallest absolute Gasteiger partial charge is 0.306 e. The molecule has 0 spiro atoms. The fourth-order valence-electron chi connectivity index (χ4n) is 5.83. The van der Waals surface area contributed by atoms with E-state index in [1.54, 1.807) is 18.5 Å². The largest absolute Gasteiger partial charge is 0.494 e. The van der Waals surface area contributed by atoms with Crippen LogP contribution in [0.5, 0.6) is 5.75 Å². The van der Waals surface area contributed by atoms with Crippen molar-refractivity contribution in [3.63, 3.8) is 0 Å². The molecule has 0 saturated heterocycles. The van der Waals surface area contributed by atoms with E-state index in [2.05, 4.69) is 48.3 Å². The van der Waals surface area contributed by atoms with Crippen LogP contribution in [0.2, 0.25) is 0 Å². The molecule has 0 unspecified atom stereocenters. The average Bonchev–Trinajstić information content (AvgIpc) is 3.60. The van der Waals surface area contributed by atoms with Crippen LogP contribution in [0.25, 0.3) is 22.5 Å². The van der Waals surface area contributed by atoms with Crippen molar-refractivity contribution in [3.05, 3.63) is 88.4 Å². The number of carbonyl (C=O) groups is 3. The predicted octanol–water partition coefficient (Wildman–Crippen LogP) is 7.84. The molecule has 1 aliphatic carbocycles. The first-order valence-corrected chi connectivity index (χ1v) is 18.4. The van der Waals surface area contributed by atoms with Gasteiger partial charge in [0.25, 0.3) is 5.91 Å². The molecule has 0 radical (unpaired) electrons. The van der Waals surface area contributed by atoms with Gasteiger partial charge in [-0.05, 0) is 60.1 Å². The monoisotopic (exact) mass is 696 g/mol. The number of carboxylic acids is 1. The number of unbranched alkanes of at least 4 members (excludes halogenated alkanes) is 4. The summed E-state index contributed by atoms with van der Waals surface area (Å²) >= 11 is 1.42. The van der Waals surface area contributed by atoms with E-state index in [0.717, 1.165) is 45.9 Å². The molecule has 2 amide bonds. The molecule has 0 bridgehead atoms. The Balaban J connectivity index is 1.21. The number of aromatic nitrogens is 2. The summed E-state index contributed by atoms with van der Waals surface area (Å²) < 4.78 is 5.89. The second-order valence-electron chi connectivity index (χ2n) is 14.1. The van der Waals surface area contributed by atoms with Gasteiger partial charge in [0, 0.05) is 40.9 Å². The first-order valence-electron chi connectivity index (χ1n) is 17.6. The number of benzene rings is 2. The Morgan fingerprint density at radius 3 is 2.16 bits per heavy atom. The van der Waals surface area contributed by atoms with Gasteiger partial charge in [-0.3, -0.25) is 14.4 Å². The summed E-state index contributed by atoms with van der Waals surface area (Å²) in [5.41, 5.74) is 3.50. The third-order valence-electron chi connectivity index (χ3n) is 9.03. The first kappa shape index (κ1) is 36.7. The number of hydrogen-bond donors (Lipinski definition) is 3. The number of hydrogen-bond acceptors (Lipinski definition) is 7. The number of amides is 2. The Labute approximate surface area is 298 Å². The summed E-state index contributed by atoms with van der Waals surface area (Å²) in [5, 5.41) is 15.1. The topological polar surface area (TPSA) is 131 Å². The van der Waals surface area contributed by atoms with Crippen molar-refractivity contribution in [3.8, 4) is 28.3 Å². The summed E-state index contributed by atoms with van der Waals surface area (Å²) in [5.74, 6) is -0.505. The second kappa shape index (κ2) is 16.9. The summed E-state index contributed by atoms with van der Waals surface area (Å²) in [6.07, 6.45) is 10.7. The molecule has 3 N–H and O–H groups in total. The summed E-state index contributed by atoms with van der Waals surface area (Å²) in [6.45, 7) is 9.22. The van der Waals surface area contributed by atoms with Crippen LogP contribution < -0.4 is 15.4 Å². The zero-order chi connectivity index (χ0) is 35.7. The second-order valence-corrected chi connectivity index (χ2v) is 15.2. The number of carbonyl (C=O) groups excluding carboxylic acids is 2. The van der Waals surface area contributed by atoms with Gasteiger partial charge in [0.2, 0.25) is 5.91 Å². The molecular weight excluding hydrogens is 649 g/mol. The maximum atomic E-state index is 13.4. The van der Waals surface area contributed by atoms with Gasteiger partial charge in [0.15, 0.2) is 5.82 Å². The number of nitrogens with one attached hydrogen (secondary N) is 2. The minimum Gasteiger partial charge on any atom is -0.494 e. The van der Waals surface area contributed by atoms with Crippen molar-refractivity contribution in [2.24, 2.45) is 5.92 Å². The molecule has 2 aromatic carbocycles. The zero-order valence-corrected chi connectivity index (χ0v) is 30.2. The van der Waals surface area contributed by atoms with Crippen molar-refractivity contribution in [1.82, 2.24) is 20.6 Å². The predicted molar refractivity (Wildman–Crippen MR) is 197 cm³/mol. The molecule has 10 heteroatoms. The van der Waals surface area contributed by atoms with Crippen LogP contribution in [-0.2, 0) is 21.4 Å². The number of carboxylic acid groups (broad SMARTS) is 1. The van der Waals surface area contributed by atoms with Crippen LogP contribution in [0, 0.1) is 5.92 Å². The van der Waals surface area contributed by atoms with Crippen LogP contribution in [0.1, 0.15) is 92.8 Å². The lowest BCUT2D eigenvalue weighted by Crippen LogP contribution is -2.54. The maximum Gasteiger partial charge on any atom is 0.306 e. The highest BCUT2D eigenvalue weighted by molar-refractivity contribution is 7.14. The van der Waals surface area contributed by atoms with Gasteiger partial charge in [-0.15, -0.1) is 11.3 Å². The van der Waals surface area contributed by atoms with Crippen LogP contribution >= 0.6 is 11.3 Å². The number of nitrogens with zero attached hydrogens (tertiary/aromatic N) is 2. The Morgan fingerprint density at radius 2 is 1.54 bits per heavy atom. The van der Waals surface area contributed by atoms with E-state index >= 15 is 0 Å². The van der Waals surface area contributed by atoms with E-state index in [4.69, 9.17) is 4.74 Å². The number of aliphatic carboxylic acids is 1. The molecular formula is C40H48N4O5S. The Hall–Kier alpha value is -4.57. The third-order valence-corrected chi connectivity index (χ3v) is 10.5. The van der Waals surface area contributed by atoms with Crippen LogP contribution in [0.15, 0.2) is 73.1 Å². The molecule has 2 heterocycles. The molecule has 264 valence electrons. The van der Waals surface area contributed by atoms with E-state index in [1.165, 1.54) is 37.0 Å². The lowest BCUT2D eigenvalue weighted by Gasteiger charge is -2.34. The van der Waals surface area contributed by atoms with Gasteiger partial charge >= 0.3 is 5.97 Å². The normalized spacial score (nSPS) is 16.2. The molecule has 1 fully saturated rings. The highest BCUT2D eigenvalue weighted by atomic mass is 32.1. The average molecular weight is 697 g/mol. The Morgan fingerprint density at radius 1 is 0.880 bits per heavy atom. The van der Waals surface area contributed by atoms with Crippen molar-refractivity contribution < 1.29 is 24.2 Å². The molecule has 4 aromatic rings. The maximum absolute atomic E-state index is 13.4. The lowest BCUT2D eigenvalue weighted by atomic mass is 9.80. The molecule has 1 aliphatic rings. The number of ether oxygens (including phenoxy) is 1. The van der Waals surface area contributed by atoms with Crippen LogP contribution in [0.3, 0.4) is 0 Å². The molecule has 2 aromatic heterocycles. The molecule has 1 saturated carbocycles. The highest BCUT2D eigenvalue weighted by Crippen LogP contribution is 2.30. The minimum absolute atomic E-state index is 0.0929. The van der Waals surface area contributed by atoms with Gasteiger partial charge in [0.05, 0.1) is 17.4 Å². The van der Waals surface area contributed by atoms with E-state index < -0.39 is 17.9 Å². The van der Waals surface area contributed by atoms with Crippen molar-refractivity contribution in [2.45, 2.75) is 96.6 Å². The minimum atomic E-state index is -0.853. The fourth-order valence-corrected chi connectivity index (χ4v) is 6.80. The fraction of sp³-hybridized carbons (Fsp3) is 0.425. The summed E-state index contributed by atoms with van der Waals surface area (Å²) in [7, 11) is 0. The third kappa shape index (κ3) is 10.00. The molecule has 1 atom stereocenters. The number of rotatable bonds is 16. The van der Waals surface area contributed by atoms with Gasteiger partial charge < -0.3 is 20.5 Å². The van der Waals surface area contributed by atoms with E-state index in [9.17, 15) is 19.5 Å². The van der Waals surface area contributed by atoms with Gasteiger partial charge in [-0.1, -0.05) is 89.8 Å². The van der Waals surface area contributed by atoms with E-state index in [1.807, 2.05) is 54.6 Å². The SMILES string of the molecule is CCCCCCCOc1ccc(-c2cnc(-c3ccc(C[C@H](NC(=O)c4ccc(C(C)(C)C)s4)C(=O)N[C@H]4C[C@@H](C(=O)O)C4)cc3)nc2)cc1. The van der Waals surface area contributed by atoms with E-state index in [-0.39, 0.29) is 29.7 Å². The van der Waals surface area contributed by atoms with E-state index in [0.29, 0.717) is 23.5 Å². The van der Waals surface area contributed by atoms with Gasteiger partial charge in [-0.2, -0.15) is 0 Å². The van der Waals surface area contributed by atoms with Crippen molar-refractivity contribution in [2.75, 3.05) is 6.61 Å². The highest BCUT2D eigenvalue weighted by Gasteiger charge is 2.36. The summed E-state index contributed by atoms with van der Waals surface area (Å²) in [4.78, 5) is 48.8. The standard InChI is InChI=1S/C40H48N4O5S/c1-5-6-7-8-9-20-49-32-16-14-27(15-17-32)30-24-41-36(42-25-30)28-12-10-26(11-13-28)21-33(37(45)43-31-22-29(23-31)39(47)48)44-38(46)34-18-19-35(50-34)40(2,3)4/h10-19,24-25,29,31,33H,5-9,20-23H2,1-4H3,(H,43,45)(H,44,46)(H,47,48)/t29-,31+,33-/m0/s1. The van der Waals surface area contributed by atoms with Crippen LogP contribution in [0.4, 0.5) is 0 Å². The molecule has 9 nitrogen and oxygen atoms in total. The Kier molecular flexibility index (Phi) is 12.4.